The minimum Gasteiger partial charge on any atom is -0.495 e. The molecule has 0 aliphatic carbocycles. The Morgan fingerprint density at radius 2 is 1.52 bits per heavy atom. The summed E-state index contributed by atoms with van der Waals surface area (Å²) in [4.78, 5) is 12.6. The van der Waals surface area contributed by atoms with Gasteiger partial charge < -0.3 is 19.5 Å². The van der Waals surface area contributed by atoms with E-state index in [1.807, 2.05) is 18.2 Å². The predicted molar refractivity (Wildman–Crippen MR) is 119 cm³/mol. The molecule has 0 saturated heterocycles. The molecular formula is C22H30N2O6S. The van der Waals surface area contributed by atoms with Crippen LogP contribution in [-0.2, 0) is 16.4 Å². The minimum atomic E-state index is -3.78. The number of rotatable bonds is 11. The van der Waals surface area contributed by atoms with Crippen LogP contribution < -0.4 is 19.5 Å². The third kappa shape index (κ3) is 5.68. The zero-order valence-electron chi connectivity index (χ0n) is 18.6. The van der Waals surface area contributed by atoms with Crippen LogP contribution in [0.3, 0.4) is 0 Å². The molecule has 0 atom stereocenters. The van der Waals surface area contributed by atoms with Gasteiger partial charge in [-0.25, -0.2) is 8.42 Å². The molecule has 0 bridgehead atoms. The van der Waals surface area contributed by atoms with Crippen molar-refractivity contribution in [2.45, 2.75) is 25.2 Å². The highest BCUT2D eigenvalue weighted by Crippen LogP contribution is 2.29. The van der Waals surface area contributed by atoms with E-state index in [0.717, 1.165) is 5.56 Å². The molecule has 170 valence electrons. The maximum absolute atomic E-state index is 13.0. The SMILES string of the molecule is CCN(CC)S(=O)(=O)c1cc(C(=O)NCCc2ccc(OC)c(OC)c2)ccc1OC. The van der Waals surface area contributed by atoms with Gasteiger partial charge in [-0.15, -0.1) is 0 Å². The summed E-state index contributed by atoms with van der Waals surface area (Å²) in [7, 11) is 0.764. The molecule has 0 radical (unpaired) electrons. The lowest BCUT2D eigenvalue weighted by atomic mass is 10.1. The Morgan fingerprint density at radius 1 is 0.903 bits per heavy atom. The first-order valence-electron chi connectivity index (χ1n) is 9.99. The average molecular weight is 451 g/mol. The summed E-state index contributed by atoms with van der Waals surface area (Å²) in [6, 6.07) is 9.97. The van der Waals surface area contributed by atoms with Crippen LogP contribution >= 0.6 is 0 Å². The van der Waals surface area contributed by atoms with Crippen LogP contribution in [0, 0.1) is 0 Å². The van der Waals surface area contributed by atoms with E-state index in [2.05, 4.69) is 5.32 Å². The molecule has 0 spiro atoms. The Kier molecular flexibility index (Phi) is 8.70. The van der Waals surface area contributed by atoms with Crippen molar-refractivity contribution in [3.63, 3.8) is 0 Å². The fraction of sp³-hybridized carbons (Fsp3) is 0.409. The van der Waals surface area contributed by atoms with Crippen LogP contribution in [0.1, 0.15) is 29.8 Å². The standard InChI is InChI=1S/C22H30N2O6S/c1-6-24(7-2)31(26,27)21-15-17(9-11-19(21)29-4)22(25)23-13-12-16-8-10-18(28-3)20(14-16)30-5/h8-11,14-15H,6-7,12-13H2,1-5H3,(H,23,25). The van der Waals surface area contributed by atoms with Crippen molar-refractivity contribution in [1.29, 1.82) is 0 Å². The van der Waals surface area contributed by atoms with Crippen LogP contribution in [0.25, 0.3) is 0 Å². The molecular weight excluding hydrogens is 420 g/mol. The monoisotopic (exact) mass is 450 g/mol. The Balaban J connectivity index is 2.16. The van der Waals surface area contributed by atoms with Gasteiger partial charge in [0.2, 0.25) is 10.0 Å². The van der Waals surface area contributed by atoms with Crippen molar-refractivity contribution in [2.24, 2.45) is 0 Å². The van der Waals surface area contributed by atoms with E-state index in [4.69, 9.17) is 14.2 Å². The lowest BCUT2D eigenvalue weighted by Gasteiger charge is -2.20. The van der Waals surface area contributed by atoms with Gasteiger partial charge in [0.25, 0.3) is 5.91 Å². The van der Waals surface area contributed by atoms with Crippen LogP contribution in [0.5, 0.6) is 17.2 Å². The Morgan fingerprint density at radius 3 is 2.10 bits per heavy atom. The summed E-state index contributed by atoms with van der Waals surface area (Å²) in [5.74, 6) is 1.09. The molecule has 0 aliphatic heterocycles. The number of carbonyl (C=O) groups excluding carboxylic acids is 1. The molecule has 0 unspecified atom stereocenters. The second kappa shape index (κ2) is 11.0. The Hall–Kier alpha value is -2.78. The highest BCUT2D eigenvalue weighted by atomic mass is 32.2. The number of carbonyl (C=O) groups is 1. The van der Waals surface area contributed by atoms with Gasteiger partial charge in [0.05, 0.1) is 21.3 Å². The molecule has 1 N–H and O–H groups in total. The van der Waals surface area contributed by atoms with Crippen molar-refractivity contribution >= 4 is 15.9 Å². The maximum Gasteiger partial charge on any atom is 0.251 e. The van der Waals surface area contributed by atoms with E-state index in [0.29, 0.717) is 37.6 Å². The second-order valence-corrected chi connectivity index (χ2v) is 8.56. The van der Waals surface area contributed by atoms with Gasteiger partial charge in [-0.3, -0.25) is 4.79 Å². The molecule has 0 fully saturated rings. The summed E-state index contributed by atoms with van der Waals surface area (Å²) < 4.78 is 43.0. The molecule has 0 saturated carbocycles. The number of hydrogen-bond donors (Lipinski definition) is 1. The zero-order chi connectivity index (χ0) is 23.0. The quantitative estimate of drug-likeness (QED) is 0.566. The minimum absolute atomic E-state index is 0.0220. The van der Waals surface area contributed by atoms with Crippen molar-refractivity contribution in [3.8, 4) is 17.2 Å². The van der Waals surface area contributed by atoms with E-state index in [1.165, 1.54) is 23.5 Å². The summed E-state index contributed by atoms with van der Waals surface area (Å²) in [5, 5.41) is 2.83. The number of methoxy groups -OCH3 is 3. The van der Waals surface area contributed by atoms with Crippen LogP contribution in [-0.4, -0.2) is 59.6 Å². The van der Waals surface area contributed by atoms with Crippen molar-refractivity contribution in [1.82, 2.24) is 9.62 Å². The van der Waals surface area contributed by atoms with Crippen LogP contribution in [0.4, 0.5) is 0 Å². The van der Waals surface area contributed by atoms with Gasteiger partial charge >= 0.3 is 0 Å². The molecule has 31 heavy (non-hydrogen) atoms. The van der Waals surface area contributed by atoms with Crippen molar-refractivity contribution < 1.29 is 27.4 Å². The predicted octanol–water partition coefficient (Wildman–Crippen LogP) is 2.72. The van der Waals surface area contributed by atoms with E-state index in [-0.39, 0.29) is 22.1 Å². The fourth-order valence-electron chi connectivity index (χ4n) is 3.18. The van der Waals surface area contributed by atoms with E-state index >= 15 is 0 Å². The lowest BCUT2D eigenvalue weighted by Crippen LogP contribution is -2.31. The normalized spacial score (nSPS) is 11.3. The van der Waals surface area contributed by atoms with E-state index in [9.17, 15) is 13.2 Å². The molecule has 0 aliphatic rings. The fourth-order valence-corrected chi connectivity index (χ4v) is 4.82. The number of amides is 1. The highest BCUT2D eigenvalue weighted by Gasteiger charge is 2.26. The van der Waals surface area contributed by atoms with E-state index in [1.54, 1.807) is 34.1 Å². The third-order valence-electron chi connectivity index (χ3n) is 4.90. The summed E-state index contributed by atoms with van der Waals surface area (Å²) >= 11 is 0. The van der Waals surface area contributed by atoms with Gasteiger partial charge in [0.1, 0.15) is 10.6 Å². The summed E-state index contributed by atoms with van der Waals surface area (Å²) in [5.41, 5.74) is 1.22. The molecule has 0 heterocycles. The number of sulfonamides is 1. The van der Waals surface area contributed by atoms with Gasteiger partial charge in [-0.05, 0) is 42.3 Å². The number of nitrogens with zero attached hydrogens (tertiary/aromatic N) is 1. The largest absolute Gasteiger partial charge is 0.495 e. The number of benzene rings is 2. The number of hydrogen-bond acceptors (Lipinski definition) is 6. The van der Waals surface area contributed by atoms with Gasteiger partial charge in [-0.1, -0.05) is 19.9 Å². The summed E-state index contributed by atoms with van der Waals surface area (Å²) in [6.45, 7) is 4.54. The first kappa shape index (κ1) is 24.5. The topological polar surface area (TPSA) is 94.2 Å². The Labute approximate surface area is 184 Å². The first-order chi connectivity index (χ1) is 14.8. The lowest BCUT2D eigenvalue weighted by molar-refractivity contribution is 0.0954. The Bertz CT molecular complexity index is 1000. The first-order valence-corrected chi connectivity index (χ1v) is 11.4. The number of nitrogens with one attached hydrogen (secondary N) is 1. The molecule has 2 aromatic rings. The maximum atomic E-state index is 13.0. The number of ether oxygens (including phenoxy) is 3. The molecule has 0 aromatic heterocycles. The molecule has 8 nitrogen and oxygen atoms in total. The highest BCUT2D eigenvalue weighted by molar-refractivity contribution is 7.89. The second-order valence-electron chi connectivity index (χ2n) is 6.65. The average Bonchev–Trinajstić information content (AvgIpc) is 2.78. The van der Waals surface area contributed by atoms with Crippen LogP contribution in [0.15, 0.2) is 41.3 Å². The van der Waals surface area contributed by atoms with Gasteiger partial charge in [-0.2, -0.15) is 4.31 Å². The molecule has 1 amide bonds. The van der Waals surface area contributed by atoms with E-state index < -0.39 is 10.0 Å². The smallest absolute Gasteiger partial charge is 0.251 e. The molecule has 2 rings (SSSR count). The zero-order valence-corrected chi connectivity index (χ0v) is 19.4. The van der Waals surface area contributed by atoms with Gasteiger partial charge in [0, 0.05) is 25.2 Å². The van der Waals surface area contributed by atoms with Gasteiger partial charge in [0.15, 0.2) is 11.5 Å². The molecule has 9 heteroatoms. The summed E-state index contributed by atoms with van der Waals surface area (Å²) in [6.07, 6.45) is 0.576. The third-order valence-corrected chi connectivity index (χ3v) is 6.97. The molecule has 2 aromatic carbocycles. The van der Waals surface area contributed by atoms with Crippen molar-refractivity contribution in [3.05, 3.63) is 47.5 Å². The van der Waals surface area contributed by atoms with Crippen LogP contribution in [0.2, 0.25) is 0 Å². The van der Waals surface area contributed by atoms with Crippen molar-refractivity contribution in [2.75, 3.05) is 41.0 Å².